The summed E-state index contributed by atoms with van der Waals surface area (Å²) in [7, 11) is 3.40. The summed E-state index contributed by atoms with van der Waals surface area (Å²) in [6.07, 6.45) is 6.50. The van der Waals surface area contributed by atoms with E-state index in [4.69, 9.17) is 4.98 Å². The molecule has 9 heteroatoms. The second-order valence-electron chi connectivity index (χ2n) is 9.62. The van der Waals surface area contributed by atoms with E-state index < -0.39 is 0 Å². The van der Waals surface area contributed by atoms with Crippen LogP contribution in [0, 0.1) is 0 Å². The van der Waals surface area contributed by atoms with E-state index in [1.165, 1.54) is 16.2 Å². The van der Waals surface area contributed by atoms with Gasteiger partial charge in [0.15, 0.2) is 0 Å². The highest BCUT2D eigenvalue weighted by atomic mass is 32.1. The van der Waals surface area contributed by atoms with Crippen LogP contribution < -0.4 is 10.9 Å². The zero-order valence-electron chi connectivity index (χ0n) is 20.3. The summed E-state index contributed by atoms with van der Waals surface area (Å²) in [6.45, 7) is 2.45. The lowest BCUT2D eigenvalue weighted by Gasteiger charge is -2.27. The number of aromatic nitrogens is 2. The highest BCUT2D eigenvalue weighted by Crippen LogP contribution is 2.35. The Balaban J connectivity index is 1.42. The molecule has 8 nitrogen and oxygen atoms in total. The molecular formula is C26H31N5O3S. The molecule has 1 N–H and O–H groups in total. The number of carbonyl (C=O) groups is 2. The first-order valence-electron chi connectivity index (χ1n) is 12.3. The van der Waals surface area contributed by atoms with E-state index in [0.29, 0.717) is 29.0 Å². The third-order valence-electron chi connectivity index (χ3n) is 6.84. The molecule has 0 saturated carbocycles. The van der Waals surface area contributed by atoms with Crippen LogP contribution in [0.15, 0.2) is 29.1 Å². The Bertz CT molecular complexity index is 1320. The highest BCUT2D eigenvalue weighted by Gasteiger charge is 2.25. The summed E-state index contributed by atoms with van der Waals surface area (Å²) >= 11 is 1.64. The fourth-order valence-electron chi connectivity index (χ4n) is 5.02. The van der Waals surface area contributed by atoms with Gasteiger partial charge in [0, 0.05) is 30.2 Å². The van der Waals surface area contributed by atoms with Crippen LogP contribution in [0.4, 0.5) is 5.69 Å². The topological polar surface area (TPSA) is 87.5 Å². The van der Waals surface area contributed by atoms with Gasteiger partial charge in [-0.3, -0.25) is 23.9 Å². The van der Waals surface area contributed by atoms with E-state index in [0.717, 1.165) is 55.6 Å². The number of nitrogens with one attached hydrogen (secondary N) is 1. The van der Waals surface area contributed by atoms with E-state index in [2.05, 4.69) is 10.2 Å². The summed E-state index contributed by atoms with van der Waals surface area (Å²) in [4.78, 5) is 49.6. The summed E-state index contributed by atoms with van der Waals surface area (Å²) in [5, 5.41) is 3.57. The van der Waals surface area contributed by atoms with Crippen molar-refractivity contribution in [3.63, 3.8) is 0 Å². The Hall–Kier alpha value is -3.04. The number of anilines is 1. The van der Waals surface area contributed by atoms with Crippen molar-refractivity contribution in [2.75, 3.05) is 32.5 Å². The summed E-state index contributed by atoms with van der Waals surface area (Å²) in [6, 6.07) is 6.79. The largest absolute Gasteiger partial charge is 0.345 e. The van der Waals surface area contributed by atoms with E-state index in [9.17, 15) is 14.4 Å². The van der Waals surface area contributed by atoms with Crippen LogP contribution >= 0.6 is 11.3 Å². The summed E-state index contributed by atoms with van der Waals surface area (Å²) in [5.41, 5.74) is 2.15. The van der Waals surface area contributed by atoms with Gasteiger partial charge >= 0.3 is 0 Å². The molecule has 1 aliphatic carbocycles. The molecule has 0 unspecified atom stereocenters. The quantitative estimate of drug-likeness (QED) is 0.570. The number of fused-ring (bicyclic) bond motifs is 3. The molecule has 2 aromatic heterocycles. The number of thiophene rings is 1. The van der Waals surface area contributed by atoms with Gasteiger partial charge in [-0.15, -0.1) is 11.3 Å². The minimum Gasteiger partial charge on any atom is -0.345 e. The number of amides is 2. The lowest BCUT2D eigenvalue weighted by atomic mass is 10.1. The second-order valence-corrected chi connectivity index (χ2v) is 10.7. The molecule has 1 aliphatic heterocycles. The molecular weight excluding hydrogens is 462 g/mol. The maximum atomic E-state index is 13.7. The van der Waals surface area contributed by atoms with Crippen molar-refractivity contribution in [3.8, 4) is 0 Å². The fourth-order valence-corrected chi connectivity index (χ4v) is 6.29. The Labute approximate surface area is 208 Å². The zero-order chi connectivity index (χ0) is 24.5. The number of rotatable bonds is 6. The van der Waals surface area contributed by atoms with E-state index in [-0.39, 0.29) is 23.9 Å². The van der Waals surface area contributed by atoms with Gasteiger partial charge in [-0.05, 0) is 75.0 Å². The third-order valence-corrected chi connectivity index (χ3v) is 8.03. The maximum absolute atomic E-state index is 13.7. The van der Waals surface area contributed by atoms with Gasteiger partial charge in [-0.1, -0.05) is 6.42 Å². The van der Waals surface area contributed by atoms with Crippen molar-refractivity contribution in [2.45, 2.75) is 51.6 Å². The van der Waals surface area contributed by atoms with Crippen LogP contribution in [0.2, 0.25) is 0 Å². The van der Waals surface area contributed by atoms with Crippen LogP contribution in [-0.2, 0) is 30.7 Å². The molecule has 2 aliphatic rings. The second kappa shape index (κ2) is 9.91. The number of hydrogen-bond acceptors (Lipinski definition) is 6. The van der Waals surface area contributed by atoms with Crippen LogP contribution in [0.5, 0.6) is 0 Å². The monoisotopic (exact) mass is 493 g/mol. The van der Waals surface area contributed by atoms with E-state index in [1.807, 2.05) is 0 Å². The first-order chi connectivity index (χ1) is 16.9. The van der Waals surface area contributed by atoms with Crippen molar-refractivity contribution in [2.24, 2.45) is 0 Å². The predicted octanol–water partition coefficient (Wildman–Crippen LogP) is 3.27. The molecule has 0 atom stereocenters. The number of likely N-dealkylation sites (tertiary alicyclic amines) is 1. The van der Waals surface area contributed by atoms with Gasteiger partial charge in [0.2, 0.25) is 5.91 Å². The number of carbonyl (C=O) groups excluding carboxylic acids is 2. The van der Waals surface area contributed by atoms with E-state index >= 15 is 0 Å². The molecule has 35 heavy (non-hydrogen) atoms. The van der Waals surface area contributed by atoms with Gasteiger partial charge < -0.3 is 10.2 Å². The van der Waals surface area contributed by atoms with Gasteiger partial charge in [0.25, 0.3) is 11.5 Å². The lowest BCUT2D eigenvalue weighted by Crippen LogP contribution is -2.36. The number of hydrogen-bond donors (Lipinski definition) is 1. The Morgan fingerprint density at radius 1 is 1.06 bits per heavy atom. The molecule has 3 heterocycles. The average Bonchev–Trinajstić information content (AvgIpc) is 3.43. The van der Waals surface area contributed by atoms with Crippen molar-refractivity contribution >= 4 is 39.1 Å². The molecule has 1 aromatic carbocycles. The number of benzene rings is 1. The fraction of sp³-hybridized carbons (Fsp3) is 0.462. The Morgan fingerprint density at radius 3 is 2.51 bits per heavy atom. The summed E-state index contributed by atoms with van der Waals surface area (Å²) < 4.78 is 1.57. The van der Waals surface area contributed by atoms with Crippen LogP contribution in [0.1, 0.15) is 52.3 Å². The molecule has 0 spiro atoms. The maximum Gasteiger partial charge on any atom is 0.263 e. The normalized spacial score (nSPS) is 15.8. The first kappa shape index (κ1) is 23.7. The molecule has 0 radical (unpaired) electrons. The first-order valence-corrected chi connectivity index (χ1v) is 13.1. The van der Waals surface area contributed by atoms with E-state index in [1.54, 1.807) is 54.3 Å². The van der Waals surface area contributed by atoms with Gasteiger partial charge in [0.05, 0.1) is 11.9 Å². The van der Waals surface area contributed by atoms with Gasteiger partial charge in [0.1, 0.15) is 17.2 Å². The molecule has 5 rings (SSSR count). The number of aryl methyl sites for hydroxylation is 2. The summed E-state index contributed by atoms with van der Waals surface area (Å²) in [5.74, 6) is 0.276. The molecule has 184 valence electrons. The molecule has 1 fully saturated rings. The van der Waals surface area contributed by atoms with Gasteiger partial charge in [-0.25, -0.2) is 4.98 Å². The standard InChI is InChI=1S/C26H31N5O3S/c1-29(2)25(33)17-9-11-18(12-10-17)27-22(32)16-31-21(15-30-13-4-3-5-14-30)28-24-23(26(31)34)19-7-6-8-20(19)35-24/h9-12H,3-8,13-16H2,1-2H3,(H,27,32). The zero-order valence-corrected chi connectivity index (χ0v) is 21.1. The Morgan fingerprint density at radius 2 is 1.80 bits per heavy atom. The molecule has 1 saturated heterocycles. The van der Waals surface area contributed by atoms with Crippen molar-refractivity contribution < 1.29 is 9.59 Å². The minimum atomic E-state index is -0.285. The average molecular weight is 494 g/mol. The molecule has 0 bridgehead atoms. The lowest BCUT2D eigenvalue weighted by molar-refractivity contribution is -0.116. The van der Waals surface area contributed by atoms with Gasteiger partial charge in [-0.2, -0.15) is 0 Å². The minimum absolute atomic E-state index is 0.0893. The van der Waals surface area contributed by atoms with Crippen molar-refractivity contribution in [1.29, 1.82) is 0 Å². The van der Waals surface area contributed by atoms with Crippen molar-refractivity contribution in [1.82, 2.24) is 19.4 Å². The van der Waals surface area contributed by atoms with Crippen LogP contribution in [-0.4, -0.2) is 58.4 Å². The number of nitrogens with zero attached hydrogens (tertiary/aromatic N) is 4. The Kier molecular flexibility index (Phi) is 6.71. The highest BCUT2D eigenvalue weighted by molar-refractivity contribution is 7.18. The van der Waals surface area contributed by atoms with Crippen molar-refractivity contribution in [3.05, 3.63) is 56.4 Å². The molecule has 3 aromatic rings. The van der Waals surface area contributed by atoms with Crippen LogP contribution in [0.25, 0.3) is 10.2 Å². The smallest absolute Gasteiger partial charge is 0.263 e. The predicted molar refractivity (Wildman–Crippen MR) is 138 cm³/mol. The third kappa shape index (κ3) is 4.88. The SMILES string of the molecule is CN(C)C(=O)c1ccc(NC(=O)Cn2c(CN3CCCCC3)nc3sc4c(c3c2=O)CCC4)cc1. The van der Waals surface area contributed by atoms with Crippen LogP contribution in [0.3, 0.4) is 0 Å². The number of piperidine rings is 1. The molecule has 2 amide bonds.